The number of hydrogen-bond donors (Lipinski definition) is 1. The predicted molar refractivity (Wildman–Crippen MR) is 149 cm³/mol. The fourth-order valence-corrected chi connectivity index (χ4v) is 4.54. The normalized spacial score (nSPS) is 11.7. The average Bonchev–Trinajstić information content (AvgIpc) is 2.90. The number of nitriles is 1. The highest BCUT2D eigenvalue weighted by molar-refractivity contribution is 6.12. The summed E-state index contributed by atoms with van der Waals surface area (Å²) in [6.45, 7) is 4.16. The van der Waals surface area contributed by atoms with Crippen molar-refractivity contribution in [2.75, 3.05) is 32.6 Å². The van der Waals surface area contributed by atoms with E-state index in [1.165, 1.54) is 18.3 Å². The smallest absolute Gasteiger partial charge is 0.255 e. The van der Waals surface area contributed by atoms with Gasteiger partial charge in [-0.25, -0.2) is 9.37 Å². The van der Waals surface area contributed by atoms with Gasteiger partial charge in [-0.1, -0.05) is 19.1 Å². The number of benzene rings is 2. The number of pyridine rings is 2. The van der Waals surface area contributed by atoms with Crippen molar-refractivity contribution in [2.24, 2.45) is 5.73 Å². The number of anilines is 1. The monoisotopic (exact) mass is 510 g/mol. The first-order valence-corrected chi connectivity index (χ1v) is 12.4. The zero-order valence-electron chi connectivity index (χ0n) is 22.3. The first kappa shape index (κ1) is 26.7. The van der Waals surface area contributed by atoms with E-state index in [0.717, 1.165) is 23.1 Å². The number of nitrogens with two attached hydrogens (primary N) is 1. The van der Waals surface area contributed by atoms with Crippen molar-refractivity contribution < 1.29 is 9.18 Å². The molecule has 38 heavy (non-hydrogen) atoms. The molecule has 1 atom stereocenters. The van der Waals surface area contributed by atoms with Crippen molar-refractivity contribution in [1.82, 2.24) is 14.9 Å². The van der Waals surface area contributed by atoms with E-state index in [9.17, 15) is 14.4 Å². The fourth-order valence-electron chi connectivity index (χ4n) is 4.54. The molecular weight excluding hydrogens is 479 g/mol. The molecule has 0 bridgehead atoms. The lowest BCUT2D eigenvalue weighted by molar-refractivity contribution is 0.0788. The molecule has 4 aromatic rings. The maximum Gasteiger partial charge on any atom is 0.255 e. The van der Waals surface area contributed by atoms with E-state index in [1.807, 2.05) is 57.1 Å². The van der Waals surface area contributed by atoms with Crippen molar-refractivity contribution in [2.45, 2.75) is 26.3 Å². The molecule has 0 spiro atoms. The molecule has 194 valence electrons. The van der Waals surface area contributed by atoms with E-state index in [2.05, 4.69) is 16.0 Å². The standard InChI is InChI=1S/C30H31FN6O/c1-6-23(33)17-37(5)30(38)28-25-13-20(24-11-19(14-32)15-35-29(24)36(3)4)7-8-27(25)34-16-26(28)21-9-18(2)10-22(31)12-21/h7-13,15-16,23H,6,17,33H2,1-5H3/t23-/m0/s1. The van der Waals surface area contributed by atoms with Gasteiger partial charge in [0.25, 0.3) is 5.91 Å². The number of carbonyl (C=O) groups excluding carboxylic acids is 1. The minimum Gasteiger partial charge on any atom is -0.362 e. The lowest BCUT2D eigenvalue weighted by Gasteiger charge is -2.23. The van der Waals surface area contributed by atoms with Crippen molar-refractivity contribution in [3.63, 3.8) is 0 Å². The molecule has 0 saturated carbocycles. The maximum absolute atomic E-state index is 14.4. The van der Waals surface area contributed by atoms with Crippen LogP contribution in [0.3, 0.4) is 0 Å². The molecule has 0 radical (unpaired) electrons. The summed E-state index contributed by atoms with van der Waals surface area (Å²) >= 11 is 0. The van der Waals surface area contributed by atoms with Gasteiger partial charge in [-0.2, -0.15) is 5.26 Å². The van der Waals surface area contributed by atoms with E-state index < -0.39 is 0 Å². The van der Waals surface area contributed by atoms with E-state index >= 15 is 0 Å². The average molecular weight is 511 g/mol. The lowest BCUT2D eigenvalue weighted by atomic mass is 9.93. The highest BCUT2D eigenvalue weighted by atomic mass is 19.1. The van der Waals surface area contributed by atoms with Gasteiger partial charge in [0, 0.05) is 62.6 Å². The number of likely N-dealkylation sites (N-methyl/N-ethyl adjacent to an activating group) is 1. The van der Waals surface area contributed by atoms with Gasteiger partial charge in [0.1, 0.15) is 17.7 Å². The Morgan fingerprint density at radius 2 is 1.82 bits per heavy atom. The molecule has 2 heterocycles. The second-order valence-electron chi connectivity index (χ2n) is 9.75. The summed E-state index contributed by atoms with van der Waals surface area (Å²) in [5.74, 6) is 0.0721. The van der Waals surface area contributed by atoms with E-state index in [4.69, 9.17) is 5.73 Å². The number of hydrogen-bond acceptors (Lipinski definition) is 6. The minimum atomic E-state index is -0.386. The van der Waals surface area contributed by atoms with Crippen LogP contribution < -0.4 is 10.6 Å². The van der Waals surface area contributed by atoms with Crippen LogP contribution in [0.5, 0.6) is 0 Å². The molecule has 8 heteroatoms. The van der Waals surface area contributed by atoms with Gasteiger partial charge >= 0.3 is 0 Å². The van der Waals surface area contributed by atoms with Crippen LogP contribution in [0.1, 0.15) is 34.8 Å². The zero-order chi connectivity index (χ0) is 27.6. The van der Waals surface area contributed by atoms with Crippen molar-refractivity contribution in [1.29, 1.82) is 5.26 Å². The summed E-state index contributed by atoms with van der Waals surface area (Å²) in [7, 11) is 5.48. The summed E-state index contributed by atoms with van der Waals surface area (Å²) in [6.07, 6.45) is 3.89. The summed E-state index contributed by atoms with van der Waals surface area (Å²) < 4.78 is 14.4. The van der Waals surface area contributed by atoms with E-state index in [0.29, 0.717) is 45.5 Å². The molecule has 0 aliphatic rings. The number of aromatic nitrogens is 2. The van der Waals surface area contributed by atoms with Gasteiger partial charge in [-0.3, -0.25) is 9.78 Å². The summed E-state index contributed by atoms with van der Waals surface area (Å²) in [6, 6.07) is 14.1. The van der Waals surface area contributed by atoms with Crippen LogP contribution in [0.4, 0.5) is 10.2 Å². The Morgan fingerprint density at radius 3 is 2.47 bits per heavy atom. The summed E-state index contributed by atoms with van der Waals surface area (Å²) in [4.78, 5) is 26.6. The number of carbonyl (C=O) groups is 1. The van der Waals surface area contributed by atoms with Crippen molar-refractivity contribution in [3.05, 3.63) is 77.4 Å². The van der Waals surface area contributed by atoms with Crippen LogP contribution in [0.15, 0.2) is 54.9 Å². The molecule has 2 N–H and O–H groups in total. The molecule has 7 nitrogen and oxygen atoms in total. The Labute approximate surface area is 222 Å². The third-order valence-electron chi connectivity index (χ3n) is 6.54. The van der Waals surface area contributed by atoms with Crippen molar-refractivity contribution >= 4 is 22.6 Å². The Balaban J connectivity index is 2.01. The zero-order valence-corrected chi connectivity index (χ0v) is 22.3. The first-order valence-electron chi connectivity index (χ1n) is 12.4. The molecule has 0 aliphatic heterocycles. The molecule has 1 amide bonds. The number of fused-ring (bicyclic) bond motifs is 1. The lowest BCUT2D eigenvalue weighted by Crippen LogP contribution is -2.38. The Bertz CT molecular complexity index is 1540. The molecule has 0 unspecified atom stereocenters. The Kier molecular flexibility index (Phi) is 7.70. The SMILES string of the molecule is CC[C@H](N)CN(C)C(=O)c1c(-c2cc(C)cc(F)c2)cnc2ccc(-c3cc(C#N)cnc3N(C)C)cc12. The van der Waals surface area contributed by atoms with Crippen molar-refractivity contribution in [3.8, 4) is 28.3 Å². The van der Waals surface area contributed by atoms with E-state index in [1.54, 1.807) is 24.2 Å². The molecule has 2 aromatic heterocycles. The molecule has 0 fully saturated rings. The van der Waals surface area contributed by atoms with Crippen LogP contribution in [-0.2, 0) is 0 Å². The third-order valence-corrected chi connectivity index (χ3v) is 6.54. The van der Waals surface area contributed by atoms with Crippen LogP contribution in [0.25, 0.3) is 33.2 Å². The topological polar surface area (TPSA) is 99.1 Å². The highest BCUT2D eigenvalue weighted by Crippen LogP contribution is 2.35. The summed E-state index contributed by atoms with van der Waals surface area (Å²) in [5, 5.41) is 10.1. The third kappa shape index (κ3) is 5.34. The fraction of sp³-hybridized carbons (Fsp3) is 0.267. The van der Waals surface area contributed by atoms with Crippen LogP contribution in [0.2, 0.25) is 0 Å². The molecule has 4 rings (SSSR count). The van der Waals surface area contributed by atoms with Gasteiger partial charge in [0.15, 0.2) is 0 Å². The second kappa shape index (κ2) is 11.0. The van der Waals surface area contributed by atoms with Gasteiger partial charge < -0.3 is 15.5 Å². The van der Waals surface area contributed by atoms with Gasteiger partial charge in [0.2, 0.25) is 0 Å². The van der Waals surface area contributed by atoms with Crippen LogP contribution in [-0.4, -0.2) is 54.5 Å². The molecular formula is C30H31FN6O. The number of rotatable bonds is 7. The maximum atomic E-state index is 14.4. The second-order valence-corrected chi connectivity index (χ2v) is 9.75. The van der Waals surface area contributed by atoms with Gasteiger partial charge in [-0.05, 0) is 60.4 Å². The molecule has 2 aromatic carbocycles. The van der Waals surface area contributed by atoms with Crippen LogP contribution >= 0.6 is 0 Å². The Morgan fingerprint density at radius 1 is 1.05 bits per heavy atom. The molecule has 0 saturated heterocycles. The molecule has 0 aliphatic carbocycles. The number of halogens is 1. The number of aryl methyl sites for hydroxylation is 1. The summed E-state index contributed by atoms with van der Waals surface area (Å²) in [5.41, 5.74) is 11.0. The van der Waals surface area contributed by atoms with Gasteiger partial charge in [0.05, 0.1) is 16.6 Å². The Hall–Kier alpha value is -4.35. The van der Waals surface area contributed by atoms with E-state index in [-0.39, 0.29) is 17.8 Å². The minimum absolute atomic E-state index is 0.171. The number of nitrogens with zero attached hydrogens (tertiary/aromatic N) is 5. The van der Waals surface area contributed by atoms with Crippen LogP contribution in [0, 0.1) is 24.1 Å². The quantitative estimate of drug-likeness (QED) is 0.369. The largest absolute Gasteiger partial charge is 0.362 e. The number of amides is 1. The predicted octanol–water partition coefficient (Wildman–Crippen LogP) is 5.16. The first-order chi connectivity index (χ1) is 18.1. The highest BCUT2D eigenvalue weighted by Gasteiger charge is 2.23. The van der Waals surface area contributed by atoms with Gasteiger partial charge in [-0.15, -0.1) is 0 Å².